The van der Waals surface area contributed by atoms with Gasteiger partial charge in [0.2, 0.25) is 5.91 Å². The van der Waals surface area contributed by atoms with Crippen LogP contribution in [-0.4, -0.2) is 20.2 Å². The molecule has 0 aliphatic carbocycles. The minimum Gasteiger partial charge on any atom is -0.384 e. The predicted octanol–water partition coefficient (Wildman–Crippen LogP) is 3.57. The van der Waals surface area contributed by atoms with Crippen LogP contribution in [0.25, 0.3) is 0 Å². The molecule has 0 saturated heterocycles. The van der Waals surface area contributed by atoms with E-state index in [1.54, 1.807) is 61.5 Å². The van der Waals surface area contributed by atoms with Crippen LogP contribution >= 0.6 is 0 Å². The Hall–Kier alpha value is -3.65. The number of anilines is 2. The van der Waals surface area contributed by atoms with Crippen LogP contribution in [0.5, 0.6) is 0 Å². The maximum atomic E-state index is 12.6. The molecule has 0 bridgehead atoms. The molecule has 0 atom stereocenters. The van der Waals surface area contributed by atoms with Crippen molar-refractivity contribution < 1.29 is 13.2 Å². The van der Waals surface area contributed by atoms with Gasteiger partial charge < -0.3 is 11.1 Å². The standard InChI is InChI=1S/C23H24N4O3S/c1-15-16(2)21(27-31(29,30)19-6-4-3-5-7-19)13-12-20(15)26-22(28)14-17-8-10-18(11-9-17)23(24)25/h3-13,27H,14H2,1-2H3,(H3,24,25)(H,26,28). The van der Waals surface area contributed by atoms with Gasteiger partial charge in [0.1, 0.15) is 5.84 Å². The summed E-state index contributed by atoms with van der Waals surface area (Å²) in [5, 5.41) is 10.3. The minimum atomic E-state index is -3.70. The lowest BCUT2D eigenvalue weighted by Gasteiger charge is -2.16. The minimum absolute atomic E-state index is 0.0231. The molecule has 3 rings (SSSR count). The average molecular weight is 437 g/mol. The van der Waals surface area contributed by atoms with Gasteiger partial charge in [-0.1, -0.05) is 42.5 Å². The van der Waals surface area contributed by atoms with Crippen LogP contribution in [0.3, 0.4) is 0 Å². The number of nitrogens with one attached hydrogen (secondary N) is 3. The van der Waals surface area contributed by atoms with Crippen molar-refractivity contribution in [2.45, 2.75) is 25.2 Å². The van der Waals surface area contributed by atoms with E-state index in [0.29, 0.717) is 16.9 Å². The van der Waals surface area contributed by atoms with Crippen molar-refractivity contribution in [2.75, 3.05) is 10.0 Å². The van der Waals surface area contributed by atoms with E-state index in [2.05, 4.69) is 10.0 Å². The molecule has 0 unspecified atom stereocenters. The number of nitrogens with two attached hydrogens (primary N) is 1. The quantitative estimate of drug-likeness (QED) is 0.334. The summed E-state index contributed by atoms with van der Waals surface area (Å²) in [6, 6.07) is 18.4. The number of amidine groups is 1. The van der Waals surface area contributed by atoms with Gasteiger partial charge >= 0.3 is 0 Å². The molecule has 0 saturated carbocycles. The molecular weight excluding hydrogens is 412 g/mol. The highest BCUT2D eigenvalue weighted by Gasteiger charge is 2.17. The Morgan fingerprint density at radius 3 is 2.10 bits per heavy atom. The van der Waals surface area contributed by atoms with Gasteiger partial charge in [-0.3, -0.25) is 14.9 Å². The van der Waals surface area contributed by atoms with Crippen molar-refractivity contribution in [3.05, 3.63) is 89.0 Å². The van der Waals surface area contributed by atoms with Gasteiger partial charge in [-0.05, 0) is 54.8 Å². The van der Waals surface area contributed by atoms with Crippen LogP contribution in [-0.2, 0) is 21.2 Å². The molecule has 0 fully saturated rings. The Morgan fingerprint density at radius 2 is 1.48 bits per heavy atom. The van der Waals surface area contributed by atoms with E-state index in [9.17, 15) is 13.2 Å². The monoisotopic (exact) mass is 436 g/mol. The van der Waals surface area contributed by atoms with E-state index in [0.717, 1.165) is 16.7 Å². The van der Waals surface area contributed by atoms with Gasteiger partial charge in [-0.2, -0.15) is 0 Å². The van der Waals surface area contributed by atoms with Crippen molar-refractivity contribution in [2.24, 2.45) is 5.73 Å². The Labute approximate surface area is 181 Å². The fourth-order valence-electron chi connectivity index (χ4n) is 3.05. The lowest BCUT2D eigenvalue weighted by atomic mass is 10.1. The summed E-state index contributed by atoms with van der Waals surface area (Å²) >= 11 is 0. The van der Waals surface area contributed by atoms with Gasteiger partial charge in [0, 0.05) is 11.3 Å². The molecular formula is C23H24N4O3S. The van der Waals surface area contributed by atoms with E-state index in [1.165, 1.54) is 12.1 Å². The van der Waals surface area contributed by atoms with E-state index < -0.39 is 10.0 Å². The van der Waals surface area contributed by atoms with Crippen LogP contribution in [0.2, 0.25) is 0 Å². The third-order valence-corrected chi connectivity index (χ3v) is 6.37. The number of rotatable bonds is 7. The van der Waals surface area contributed by atoms with Crippen molar-refractivity contribution in [1.82, 2.24) is 0 Å². The highest BCUT2D eigenvalue weighted by Crippen LogP contribution is 2.28. The van der Waals surface area contributed by atoms with Crippen molar-refractivity contribution in [3.8, 4) is 0 Å². The Bertz CT molecular complexity index is 1220. The largest absolute Gasteiger partial charge is 0.384 e. The van der Waals surface area contributed by atoms with Gasteiger partial charge in [0.05, 0.1) is 17.0 Å². The Kier molecular flexibility index (Phi) is 6.41. The van der Waals surface area contributed by atoms with Crippen molar-refractivity contribution in [1.29, 1.82) is 5.41 Å². The lowest BCUT2D eigenvalue weighted by molar-refractivity contribution is -0.115. The normalized spacial score (nSPS) is 11.0. The third kappa shape index (κ3) is 5.29. The van der Waals surface area contributed by atoms with E-state index in [1.807, 2.05) is 6.92 Å². The summed E-state index contributed by atoms with van der Waals surface area (Å²) in [6.07, 6.45) is 0.166. The lowest BCUT2D eigenvalue weighted by Crippen LogP contribution is -2.17. The SMILES string of the molecule is Cc1c(NC(=O)Cc2ccc(C(=N)N)cc2)ccc(NS(=O)(=O)c2ccccc2)c1C. The van der Waals surface area contributed by atoms with E-state index in [-0.39, 0.29) is 23.1 Å². The zero-order valence-electron chi connectivity index (χ0n) is 17.3. The highest BCUT2D eigenvalue weighted by molar-refractivity contribution is 7.92. The maximum Gasteiger partial charge on any atom is 0.261 e. The number of carbonyl (C=O) groups excluding carboxylic acids is 1. The second kappa shape index (κ2) is 9.01. The summed E-state index contributed by atoms with van der Waals surface area (Å²) in [6.45, 7) is 3.63. The summed E-state index contributed by atoms with van der Waals surface area (Å²) in [4.78, 5) is 12.7. The highest BCUT2D eigenvalue weighted by atomic mass is 32.2. The average Bonchev–Trinajstić information content (AvgIpc) is 2.74. The van der Waals surface area contributed by atoms with E-state index >= 15 is 0 Å². The Balaban J connectivity index is 1.73. The molecule has 8 heteroatoms. The van der Waals surface area contributed by atoms with Gasteiger partial charge in [-0.15, -0.1) is 0 Å². The number of benzene rings is 3. The van der Waals surface area contributed by atoms with Crippen LogP contribution in [0.15, 0.2) is 71.6 Å². The summed E-state index contributed by atoms with van der Waals surface area (Å²) in [5.41, 5.74) is 9.41. The molecule has 0 heterocycles. The number of carbonyl (C=O) groups is 1. The molecule has 0 aromatic heterocycles. The molecule has 31 heavy (non-hydrogen) atoms. The second-order valence-electron chi connectivity index (χ2n) is 7.16. The van der Waals surface area contributed by atoms with Gasteiger partial charge in [0.25, 0.3) is 10.0 Å². The molecule has 3 aromatic rings. The number of hydrogen-bond donors (Lipinski definition) is 4. The molecule has 0 aliphatic rings. The van der Waals surface area contributed by atoms with Crippen LogP contribution in [0.1, 0.15) is 22.3 Å². The first-order chi connectivity index (χ1) is 14.7. The first kappa shape index (κ1) is 22.0. The molecule has 7 nitrogen and oxygen atoms in total. The summed E-state index contributed by atoms with van der Waals surface area (Å²) < 4.78 is 27.8. The fourth-order valence-corrected chi connectivity index (χ4v) is 4.20. The van der Waals surface area contributed by atoms with Gasteiger partial charge in [-0.25, -0.2) is 8.42 Å². The number of amides is 1. The Morgan fingerprint density at radius 1 is 0.903 bits per heavy atom. The summed E-state index contributed by atoms with van der Waals surface area (Å²) in [5.74, 6) is -0.222. The van der Waals surface area contributed by atoms with Crippen LogP contribution in [0.4, 0.5) is 11.4 Å². The van der Waals surface area contributed by atoms with E-state index in [4.69, 9.17) is 11.1 Å². The summed E-state index contributed by atoms with van der Waals surface area (Å²) in [7, 11) is -3.70. The first-order valence-corrected chi connectivity index (χ1v) is 11.1. The van der Waals surface area contributed by atoms with Crippen LogP contribution < -0.4 is 15.8 Å². The molecule has 0 radical (unpaired) electrons. The molecule has 0 aliphatic heterocycles. The fraction of sp³-hybridized carbons (Fsp3) is 0.130. The van der Waals surface area contributed by atoms with Crippen LogP contribution in [0, 0.1) is 19.3 Å². The molecule has 160 valence electrons. The predicted molar refractivity (Wildman–Crippen MR) is 123 cm³/mol. The smallest absolute Gasteiger partial charge is 0.261 e. The molecule has 3 aromatic carbocycles. The number of nitrogen functional groups attached to an aromatic ring is 1. The second-order valence-corrected chi connectivity index (χ2v) is 8.85. The molecule has 5 N–H and O–H groups in total. The first-order valence-electron chi connectivity index (χ1n) is 9.58. The number of hydrogen-bond acceptors (Lipinski definition) is 4. The zero-order chi connectivity index (χ0) is 22.6. The van der Waals surface area contributed by atoms with Gasteiger partial charge in [0.15, 0.2) is 0 Å². The van der Waals surface area contributed by atoms with Crippen molar-refractivity contribution in [3.63, 3.8) is 0 Å². The van der Waals surface area contributed by atoms with Crippen molar-refractivity contribution >= 4 is 33.1 Å². The third-order valence-electron chi connectivity index (χ3n) is 4.99. The maximum absolute atomic E-state index is 12.6. The molecule has 0 spiro atoms. The molecule has 1 amide bonds. The zero-order valence-corrected chi connectivity index (χ0v) is 18.1. The topological polar surface area (TPSA) is 125 Å². The number of sulfonamides is 1.